The van der Waals surface area contributed by atoms with Gasteiger partial charge < -0.3 is 35.1 Å². The summed E-state index contributed by atoms with van der Waals surface area (Å²) in [6.45, 7) is 50.8. The Labute approximate surface area is 450 Å². The van der Waals surface area contributed by atoms with Gasteiger partial charge in [0.2, 0.25) is 0 Å². The van der Waals surface area contributed by atoms with E-state index in [-0.39, 0.29) is 50.5 Å². The molecule has 0 aliphatic carbocycles. The number of hydrogen-bond donors (Lipinski definition) is 0. The molecule has 0 unspecified atom stereocenters. The molecule has 5 aromatic carbocycles. The van der Waals surface area contributed by atoms with Crippen LogP contribution in [0.25, 0.3) is 44.1 Å². The molecule has 0 saturated carbocycles. The minimum Gasteiger partial charge on any atom is -0.872 e. The molecular formula is C61H84N4O3Zn2. The predicted molar refractivity (Wildman–Crippen MR) is 293 cm³/mol. The maximum atomic E-state index is 11.4. The molecule has 70 heavy (non-hydrogen) atoms. The standard InChI is InChI=1S/C28H42N4O.2C13H18O.C7H8.2Zn/c1-19(2)31(20(3)4)17-15-29-25-13-9-11-23-24-12-10-14-26(28(24)33-27(23)25)30-16-18-32(21(5)6)22(7)8;2*1-7-8(2)10(4)13(12(6)14)11(5)9(7)3;1-7-5-3-2-4-6-7;;/h9-14,19-22H,15-18H2,1-8H3;2*14H,6H2,1-5H3;2-6H,1H3;;/q-2;;;;2*+2/p-2. The van der Waals surface area contributed by atoms with E-state index in [2.05, 4.69) is 175 Å². The quantitative estimate of drug-likeness (QED) is 0.0800. The molecule has 0 atom stereocenters. The van der Waals surface area contributed by atoms with Crippen molar-refractivity contribution in [2.75, 3.05) is 26.2 Å². The van der Waals surface area contributed by atoms with E-state index < -0.39 is 0 Å². The molecule has 0 bridgehead atoms. The Balaban J connectivity index is 0.000000545. The maximum Gasteiger partial charge on any atom is 2.00 e. The van der Waals surface area contributed by atoms with Gasteiger partial charge in [-0.15, -0.1) is 37.8 Å². The molecule has 0 saturated heterocycles. The van der Waals surface area contributed by atoms with Crippen LogP contribution >= 0.6 is 0 Å². The van der Waals surface area contributed by atoms with Crippen LogP contribution in [0.4, 0.5) is 11.4 Å². The van der Waals surface area contributed by atoms with E-state index in [0.717, 1.165) is 92.9 Å². The molecule has 370 valence electrons. The van der Waals surface area contributed by atoms with Crippen molar-refractivity contribution >= 4 is 44.8 Å². The molecule has 0 N–H and O–H groups in total. The Morgan fingerprint density at radius 3 is 0.971 bits per heavy atom. The maximum absolute atomic E-state index is 11.4. The van der Waals surface area contributed by atoms with Crippen LogP contribution in [-0.2, 0) is 39.0 Å². The van der Waals surface area contributed by atoms with Crippen molar-refractivity contribution in [3.8, 4) is 0 Å². The fourth-order valence-corrected chi connectivity index (χ4v) is 9.21. The summed E-state index contributed by atoms with van der Waals surface area (Å²) in [6, 6.07) is 24.8. The smallest absolute Gasteiger partial charge is 0.872 e. The fourth-order valence-electron chi connectivity index (χ4n) is 9.21. The summed E-state index contributed by atoms with van der Waals surface area (Å²) >= 11 is 0. The van der Waals surface area contributed by atoms with Gasteiger partial charge in [-0.3, -0.25) is 0 Å². The normalized spacial score (nSPS) is 10.9. The zero-order valence-corrected chi connectivity index (χ0v) is 52.8. The summed E-state index contributed by atoms with van der Waals surface area (Å²) in [6.07, 6.45) is 0. The second kappa shape index (κ2) is 29.3. The Morgan fingerprint density at radius 2 is 0.729 bits per heavy atom. The number of furan rings is 1. The van der Waals surface area contributed by atoms with Crippen molar-refractivity contribution in [2.24, 2.45) is 0 Å². The summed E-state index contributed by atoms with van der Waals surface area (Å²) < 4.78 is 6.40. The second-order valence-corrected chi connectivity index (χ2v) is 19.5. The van der Waals surface area contributed by atoms with E-state index in [1.54, 1.807) is 0 Å². The van der Waals surface area contributed by atoms with Crippen molar-refractivity contribution in [3.63, 3.8) is 0 Å². The van der Waals surface area contributed by atoms with Crippen LogP contribution in [0.2, 0.25) is 0 Å². The van der Waals surface area contributed by atoms with Crippen LogP contribution in [-0.4, -0.2) is 60.1 Å². The van der Waals surface area contributed by atoms with Crippen LogP contribution in [0, 0.1) is 76.2 Å². The minimum atomic E-state index is -0.0776. The number of fused-ring (bicyclic) bond motifs is 3. The molecular weight excluding hydrogens is 967 g/mol. The van der Waals surface area contributed by atoms with Gasteiger partial charge in [0.15, 0.2) is 0 Å². The van der Waals surface area contributed by atoms with Gasteiger partial charge in [-0.1, -0.05) is 83.7 Å². The predicted octanol–water partition coefficient (Wildman–Crippen LogP) is 14.9. The van der Waals surface area contributed by atoms with E-state index in [0.29, 0.717) is 24.2 Å². The number of aryl methyl sites for hydroxylation is 1. The van der Waals surface area contributed by atoms with Crippen molar-refractivity contribution in [3.05, 3.63) is 163 Å². The van der Waals surface area contributed by atoms with E-state index in [1.165, 1.54) is 38.9 Å². The molecule has 1 heterocycles. The molecule has 0 aliphatic heterocycles. The van der Waals surface area contributed by atoms with Gasteiger partial charge in [-0.25, -0.2) is 0 Å². The van der Waals surface area contributed by atoms with Crippen molar-refractivity contribution in [1.29, 1.82) is 0 Å². The van der Waals surface area contributed by atoms with Crippen LogP contribution in [0.3, 0.4) is 0 Å². The first-order chi connectivity index (χ1) is 31.8. The molecule has 0 amide bonds. The van der Waals surface area contributed by atoms with Gasteiger partial charge in [0.1, 0.15) is 11.2 Å². The topological polar surface area (TPSA) is 93.9 Å². The average molecular weight is 1050 g/mol. The van der Waals surface area contributed by atoms with Crippen LogP contribution in [0.15, 0.2) is 84.3 Å². The number of nitrogens with zero attached hydrogens (tertiary/aromatic N) is 4. The van der Waals surface area contributed by atoms with Crippen molar-refractivity contribution < 1.29 is 53.6 Å². The van der Waals surface area contributed by atoms with Gasteiger partial charge in [0.05, 0.1) is 0 Å². The molecule has 0 radical (unpaired) electrons. The van der Waals surface area contributed by atoms with Gasteiger partial charge in [-0.05, 0) is 211 Å². The Morgan fingerprint density at radius 1 is 0.443 bits per heavy atom. The third kappa shape index (κ3) is 16.4. The van der Waals surface area contributed by atoms with E-state index in [1.807, 2.05) is 45.9 Å². The summed E-state index contributed by atoms with van der Waals surface area (Å²) in [7, 11) is 0. The van der Waals surface area contributed by atoms with E-state index in [4.69, 9.17) is 15.1 Å². The summed E-state index contributed by atoms with van der Waals surface area (Å²) in [5, 5.41) is 34.8. The van der Waals surface area contributed by atoms with Crippen LogP contribution in [0.1, 0.15) is 128 Å². The van der Waals surface area contributed by atoms with Crippen molar-refractivity contribution in [1.82, 2.24) is 9.80 Å². The van der Waals surface area contributed by atoms with Crippen LogP contribution in [0.5, 0.6) is 0 Å². The number of rotatable bonds is 14. The van der Waals surface area contributed by atoms with Gasteiger partial charge in [0, 0.05) is 34.9 Å². The Bertz CT molecular complexity index is 2390. The first-order valence-electron chi connectivity index (χ1n) is 24.5. The number of hydrogen-bond acceptors (Lipinski definition) is 5. The summed E-state index contributed by atoms with van der Waals surface area (Å²) in [4.78, 5) is 4.94. The molecule has 1 aromatic heterocycles. The molecule has 0 aliphatic rings. The summed E-state index contributed by atoms with van der Waals surface area (Å²) in [5.74, 6) is -0.155. The molecule has 6 aromatic rings. The number of para-hydroxylation sites is 2. The van der Waals surface area contributed by atoms with Crippen LogP contribution < -0.4 is 10.2 Å². The van der Waals surface area contributed by atoms with E-state index in [9.17, 15) is 10.2 Å². The van der Waals surface area contributed by atoms with Gasteiger partial charge in [0.25, 0.3) is 0 Å². The number of benzene rings is 5. The molecule has 0 fully saturated rings. The monoisotopic (exact) mass is 1050 g/mol. The third-order valence-electron chi connectivity index (χ3n) is 13.9. The third-order valence-corrected chi connectivity index (χ3v) is 13.9. The van der Waals surface area contributed by atoms with Gasteiger partial charge in [-0.2, -0.15) is 0 Å². The average Bonchev–Trinajstić information content (AvgIpc) is 3.67. The molecule has 9 heteroatoms. The van der Waals surface area contributed by atoms with Gasteiger partial charge >= 0.3 is 39.0 Å². The first-order valence-corrected chi connectivity index (χ1v) is 24.5. The Kier molecular flexibility index (Phi) is 26.7. The molecule has 0 spiro atoms. The zero-order chi connectivity index (χ0) is 51.3. The molecule has 7 nitrogen and oxygen atoms in total. The second-order valence-electron chi connectivity index (χ2n) is 19.5. The van der Waals surface area contributed by atoms with E-state index >= 15 is 0 Å². The first kappa shape index (κ1) is 63.8. The Hall–Kier alpha value is -4.25. The fraction of sp³-hybridized carbons (Fsp3) is 0.443. The minimum absolute atomic E-state index is 0. The summed E-state index contributed by atoms with van der Waals surface area (Å²) in [5.41, 5.74) is 18.2. The zero-order valence-electron chi connectivity index (χ0n) is 46.8. The SMILES string of the molecule is C=C([O-])c1c(C)c(C)c(C)c(C)c1C.C=C([O-])c1c(C)c(C)c(C)c(C)c1C.CC(C)N(CC[N-]c1cccc2c1oc1c([N-]CCN(C(C)C)C(C)C)cccc12)C(C)C.Cc1ccccc1.[Zn+2].[Zn+2]. The largest absolute Gasteiger partial charge is 2.00 e. The van der Waals surface area contributed by atoms with Crippen molar-refractivity contribution in [2.45, 2.75) is 156 Å². The molecule has 6 rings (SSSR count).